The first-order valence-corrected chi connectivity index (χ1v) is 8.36. The van der Waals surface area contributed by atoms with Gasteiger partial charge in [-0.1, -0.05) is 30.3 Å². The van der Waals surface area contributed by atoms with Crippen molar-refractivity contribution < 1.29 is 4.74 Å². The lowest BCUT2D eigenvalue weighted by molar-refractivity contribution is -0.0316. The fourth-order valence-corrected chi connectivity index (χ4v) is 4.10. The Balaban J connectivity index is 1.54. The third-order valence-electron chi connectivity index (χ3n) is 5.60. The molecule has 2 heterocycles. The number of ether oxygens (including phenoxy) is 1. The van der Waals surface area contributed by atoms with Crippen LogP contribution in [0, 0.1) is 11.3 Å². The molecule has 1 aromatic carbocycles. The van der Waals surface area contributed by atoms with Crippen LogP contribution >= 0.6 is 0 Å². The number of likely N-dealkylation sites (tertiary alicyclic amines) is 1. The largest absolute Gasteiger partial charge is 0.381 e. The van der Waals surface area contributed by atoms with E-state index in [1.165, 1.54) is 31.5 Å². The molecule has 0 amide bonds. The van der Waals surface area contributed by atoms with E-state index < -0.39 is 0 Å². The maximum absolute atomic E-state index is 6.16. The zero-order valence-electron chi connectivity index (χ0n) is 13.0. The van der Waals surface area contributed by atoms with Gasteiger partial charge in [0.15, 0.2) is 0 Å². The molecule has 2 aliphatic rings. The lowest BCUT2D eigenvalue weighted by Gasteiger charge is -2.46. The fourth-order valence-electron chi connectivity index (χ4n) is 4.10. The zero-order valence-corrected chi connectivity index (χ0v) is 13.0. The number of nitrogens with zero attached hydrogens (tertiary/aromatic N) is 1. The Labute approximate surface area is 128 Å². The van der Waals surface area contributed by atoms with E-state index in [0.29, 0.717) is 5.41 Å². The molecule has 0 aromatic heterocycles. The smallest absolute Gasteiger partial charge is 0.0471 e. The predicted molar refractivity (Wildman–Crippen MR) is 86.0 cm³/mol. The predicted octanol–water partition coefficient (Wildman–Crippen LogP) is 2.65. The van der Waals surface area contributed by atoms with Crippen LogP contribution in [-0.2, 0) is 11.3 Å². The van der Waals surface area contributed by atoms with Crippen molar-refractivity contribution in [1.82, 2.24) is 4.90 Å². The van der Waals surface area contributed by atoms with Crippen molar-refractivity contribution in [2.45, 2.75) is 32.2 Å². The molecule has 116 valence electrons. The normalized spacial score (nSPS) is 24.0. The maximum atomic E-state index is 6.16. The minimum atomic E-state index is 0.358. The summed E-state index contributed by atoms with van der Waals surface area (Å²) in [6.45, 7) is 6.15. The zero-order chi connectivity index (χ0) is 14.5. The van der Waals surface area contributed by atoms with Crippen LogP contribution in [0.15, 0.2) is 30.3 Å². The highest BCUT2D eigenvalue weighted by atomic mass is 16.5. The highest BCUT2D eigenvalue weighted by Crippen LogP contribution is 2.42. The van der Waals surface area contributed by atoms with E-state index in [9.17, 15) is 0 Å². The van der Waals surface area contributed by atoms with Crippen LogP contribution in [0.4, 0.5) is 0 Å². The molecule has 0 aliphatic carbocycles. The molecule has 2 saturated heterocycles. The molecule has 2 aliphatic heterocycles. The second-order valence-electron chi connectivity index (χ2n) is 6.71. The van der Waals surface area contributed by atoms with Gasteiger partial charge in [-0.15, -0.1) is 0 Å². The van der Waals surface area contributed by atoms with Gasteiger partial charge in [-0.3, -0.25) is 4.90 Å². The van der Waals surface area contributed by atoms with Crippen LogP contribution in [0.5, 0.6) is 0 Å². The molecule has 2 N–H and O–H groups in total. The number of benzene rings is 1. The number of hydrogen-bond donors (Lipinski definition) is 1. The van der Waals surface area contributed by atoms with E-state index >= 15 is 0 Å². The molecule has 0 radical (unpaired) electrons. The van der Waals surface area contributed by atoms with E-state index in [2.05, 4.69) is 35.2 Å². The average molecular weight is 288 g/mol. The van der Waals surface area contributed by atoms with Crippen LogP contribution in [0.3, 0.4) is 0 Å². The first-order chi connectivity index (χ1) is 10.3. The summed E-state index contributed by atoms with van der Waals surface area (Å²) in [5, 5.41) is 0. The molecule has 2 fully saturated rings. The Morgan fingerprint density at radius 1 is 1.10 bits per heavy atom. The topological polar surface area (TPSA) is 38.5 Å². The van der Waals surface area contributed by atoms with E-state index in [1.54, 1.807) is 0 Å². The van der Waals surface area contributed by atoms with E-state index in [1.807, 2.05) is 0 Å². The molecule has 3 rings (SSSR count). The van der Waals surface area contributed by atoms with Crippen LogP contribution in [0.1, 0.15) is 31.2 Å². The molecule has 3 nitrogen and oxygen atoms in total. The number of hydrogen-bond acceptors (Lipinski definition) is 3. The maximum Gasteiger partial charge on any atom is 0.0471 e. The second kappa shape index (κ2) is 6.91. The fraction of sp³-hybridized carbons (Fsp3) is 0.667. The average Bonchev–Trinajstić information content (AvgIpc) is 2.57. The second-order valence-corrected chi connectivity index (χ2v) is 6.71. The lowest BCUT2D eigenvalue weighted by atomic mass is 9.66. The van der Waals surface area contributed by atoms with Crippen LogP contribution in [0.2, 0.25) is 0 Å². The summed E-state index contributed by atoms with van der Waals surface area (Å²) in [7, 11) is 0. The first kappa shape index (κ1) is 15.0. The summed E-state index contributed by atoms with van der Waals surface area (Å²) in [6.07, 6.45) is 4.91. The Kier molecular flexibility index (Phi) is 4.94. The third kappa shape index (κ3) is 3.47. The minimum absolute atomic E-state index is 0.358. The van der Waals surface area contributed by atoms with E-state index in [0.717, 1.165) is 45.1 Å². The van der Waals surface area contributed by atoms with Crippen molar-refractivity contribution in [2.75, 3.05) is 32.8 Å². The van der Waals surface area contributed by atoms with Gasteiger partial charge in [-0.25, -0.2) is 0 Å². The molecule has 0 saturated carbocycles. The van der Waals surface area contributed by atoms with Gasteiger partial charge in [-0.2, -0.15) is 0 Å². The Morgan fingerprint density at radius 3 is 2.38 bits per heavy atom. The van der Waals surface area contributed by atoms with Crippen molar-refractivity contribution in [3.63, 3.8) is 0 Å². The molecule has 21 heavy (non-hydrogen) atoms. The van der Waals surface area contributed by atoms with Gasteiger partial charge < -0.3 is 10.5 Å². The summed E-state index contributed by atoms with van der Waals surface area (Å²) in [5.74, 6) is 0.790. The summed E-state index contributed by atoms with van der Waals surface area (Å²) >= 11 is 0. The van der Waals surface area contributed by atoms with Crippen molar-refractivity contribution in [1.29, 1.82) is 0 Å². The molecule has 1 aromatic rings. The van der Waals surface area contributed by atoms with Gasteiger partial charge in [0.25, 0.3) is 0 Å². The monoisotopic (exact) mass is 288 g/mol. The Morgan fingerprint density at radius 2 is 1.76 bits per heavy atom. The molecule has 3 heteroatoms. The molecule has 0 atom stereocenters. The number of nitrogens with two attached hydrogens (primary N) is 1. The van der Waals surface area contributed by atoms with Gasteiger partial charge in [0.2, 0.25) is 0 Å². The molecular formula is C18H28N2O. The Hall–Kier alpha value is -0.900. The number of rotatable bonds is 4. The van der Waals surface area contributed by atoms with Crippen molar-refractivity contribution in [3.05, 3.63) is 35.9 Å². The number of piperidine rings is 1. The van der Waals surface area contributed by atoms with E-state index in [4.69, 9.17) is 10.5 Å². The molecule has 0 spiro atoms. The highest BCUT2D eigenvalue weighted by Gasteiger charge is 2.40. The quantitative estimate of drug-likeness (QED) is 0.925. The molecule has 0 bridgehead atoms. The van der Waals surface area contributed by atoms with Gasteiger partial charge in [-0.05, 0) is 62.2 Å². The third-order valence-corrected chi connectivity index (χ3v) is 5.60. The summed E-state index contributed by atoms with van der Waals surface area (Å²) < 4.78 is 5.55. The van der Waals surface area contributed by atoms with Crippen molar-refractivity contribution in [3.8, 4) is 0 Å². The highest BCUT2D eigenvalue weighted by molar-refractivity contribution is 5.14. The van der Waals surface area contributed by atoms with Gasteiger partial charge in [0.05, 0.1) is 0 Å². The molecular weight excluding hydrogens is 260 g/mol. The lowest BCUT2D eigenvalue weighted by Crippen LogP contribution is -2.47. The minimum Gasteiger partial charge on any atom is -0.381 e. The summed E-state index contributed by atoms with van der Waals surface area (Å²) in [6, 6.07) is 10.8. The summed E-state index contributed by atoms with van der Waals surface area (Å²) in [5.41, 5.74) is 7.94. The summed E-state index contributed by atoms with van der Waals surface area (Å²) in [4.78, 5) is 2.59. The Bertz CT molecular complexity index is 420. The first-order valence-electron chi connectivity index (χ1n) is 8.36. The standard InChI is InChI=1S/C18H28N2O/c19-15-18(8-12-21-13-9-18)17-6-10-20(11-7-17)14-16-4-2-1-3-5-16/h1-5,17H,6-15,19H2. The van der Waals surface area contributed by atoms with Gasteiger partial charge >= 0.3 is 0 Å². The SMILES string of the molecule is NCC1(C2CCN(Cc3ccccc3)CC2)CCOCC1. The van der Waals surface area contributed by atoms with Crippen molar-refractivity contribution in [2.24, 2.45) is 17.1 Å². The van der Waals surface area contributed by atoms with Crippen molar-refractivity contribution >= 4 is 0 Å². The van der Waals surface area contributed by atoms with Gasteiger partial charge in [0, 0.05) is 19.8 Å². The van der Waals surface area contributed by atoms with Crippen LogP contribution < -0.4 is 5.73 Å². The van der Waals surface area contributed by atoms with Crippen LogP contribution in [0.25, 0.3) is 0 Å². The van der Waals surface area contributed by atoms with Crippen LogP contribution in [-0.4, -0.2) is 37.7 Å². The van der Waals surface area contributed by atoms with E-state index in [-0.39, 0.29) is 0 Å². The van der Waals surface area contributed by atoms with Gasteiger partial charge in [0.1, 0.15) is 0 Å². The molecule has 0 unspecified atom stereocenters.